The maximum Gasteiger partial charge on any atom is 0.260 e. The summed E-state index contributed by atoms with van der Waals surface area (Å²) in [5.74, 6) is 0.382. The maximum atomic E-state index is 12.0. The van der Waals surface area contributed by atoms with Crippen molar-refractivity contribution in [2.24, 2.45) is 0 Å². The first-order valence-electron chi connectivity index (χ1n) is 8.55. The van der Waals surface area contributed by atoms with Crippen molar-refractivity contribution in [3.63, 3.8) is 0 Å². The Bertz CT molecular complexity index is 533. The van der Waals surface area contributed by atoms with Gasteiger partial charge in [0.1, 0.15) is 5.75 Å². The Morgan fingerprint density at radius 2 is 1.71 bits per heavy atom. The van der Waals surface area contributed by atoms with Gasteiger partial charge in [-0.05, 0) is 36.5 Å². The number of rotatable bonds is 8. The maximum absolute atomic E-state index is 12.0. The van der Waals surface area contributed by atoms with E-state index in [1.54, 1.807) is 6.92 Å². The molecule has 2 N–H and O–H groups in total. The highest BCUT2D eigenvalue weighted by Gasteiger charge is 2.16. The molecule has 0 aliphatic carbocycles. The number of nitrogens with one attached hydrogen (secondary N) is 2. The lowest BCUT2D eigenvalue weighted by atomic mass is 9.87. The van der Waals surface area contributed by atoms with Crippen LogP contribution in [0.4, 0.5) is 0 Å². The summed E-state index contributed by atoms with van der Waals surface area (Å²) >= 11 is 0. The van der Waals surface area contributed by atoms with Gasteiger partial charge in [0.15, 0.2) is 6.10 Å². The van der Waals surface area contributed by atoms with E-state index in [2.05, 4.69) is 31.4 Å². The lowest BCUT2D eigenvalue weighted by molar-refractivity contribution is -0.127. The fourth-order valence-corrected chi connectivity index (χ4v) is 2.09. The number of hydrogen-bond acceptors (Lipinski definition) is 3. The topological polar surface area (TPSA) is 67.4 Å². The average Bonchev–Trinajstić information content (AvgIpc) is 2.52. The molecule has 1 rings (SSSR count). The lowest BCUT2D eigenvalue weighted by Crippen LogP contribution is -2.38. The van der Waals surface area contributed by atoms with Crippen molar-refractivity contribution < 1.29 is 14.3 Å². The van der Waals surface area contributed by atoms with Crippen LogP contribution in [-0.4, -0.2) is 31.0 Å². The summed E-state index contributed by atoms with van der Waals surface area (Å²) in [6.07, 6.45) is 0.569. The third-order valence-corrected chi connectivity index (χ3v) is 3.63. The van der Waals surface area contributed by atoms with Crippen LogP contribution < -0.4 is 15.4 Å². The molecule has 0 heterocycles. The Kier molecular flexibility index (Phi) is 7.75. The molecule has 0 aromatic heterocycles. The monoisotopic (exact) mass is 334 g/mol. The van der Waals surface area contributed by atoms with Crippen molar-refractivity contribution in [2.75, 3.05) is 13.1 Å². The van der Waals surface area contributed by atoms with E-state index < -0.39 is 6.10 Å². The minimum atomic E-state index is -0.607. The van der Waals surface area contributed by atoms with Crippen LogP contribution in [0.5, 0.6) is 5.75 Å². The third-order valence-electron chi connectivity index (χ3n) is 3.63. The molecular weight excluding hydrogens is 304 g/mol. The number of benzene rings is 1. The number of ether oxygens (including phenoxy) is 1. The van der Waals surface area contributed by atoms with Gasteiger partial charge in [-0.15, -0.1) is 0 Å². The molecule has 0 fully saturated rings. The van der Waals surface area contributed by atoms with E-state index in [-0.39, 0.29) is 23.7 Å². The van der Waals surface area contributed by atoms with E-state index in [0.29, 0.717) is 18.8 Å². The summed E-state index contributed by atoms with van der Waals surface area (Å²) in [5, 5.41) is 5.49. The van der Waals surface area contributed by atoms with Crippen LogP contribution in [0.1, 0.15) is 53.0 Å². The highest BCUT2D eigenvalue weighted by Crippen LogP contribution is 2.24. The molecule has 1 aromatic rings. The molecule has 0 saturated carbocycles. The minimum absolute atomic E-state index is 0.0523. The summed E-state index contributed by atoms with van der Waals surface area (Å²) in [7, 11) is 0. The number of carbonyl (C=O) groups is 2. The second-order valence-corrected chi connectivity index (χ2v) is 6.93. The van der Waals surface area contributed by atoms with Crippen molar-refractivity contribution in [1.29, 1.82) is 0 Å². The van der Waals surface area contributed by atoms with E-state index in [1.807, 2.05) is 31.2 Å². The van der Waals surface area contributed by atoms with Crippen molar-refractivity contribution >= 4 is 11.8 Å². The Morgan fingerprint density at radius 3 is 2.25 bits per heavy atom. The molecule has 1 unspecified atom stereocenters. The third kappa shape index (κ3) is 7.02. The number of amides is 2. The Labute approximate surface area is 145 Å². The van der Waals surface area contributed by atoms with E-state index in [1.165, 1.54) is 5.56 Å². The van der Waals surface area contributed by atoms with E-state index in [4.69, 9.17) is 4.74 Å². The van der Waals surface area contributed by atoms with Gasteiger partial charge in [-0.25, -0.2) is 0 Å². The zero-order chi connectivity index (χ0) is 18.2. The summed E-state index contributed by atoms with van der Waals surface area (Å²) < 4.78 is 5.65. The standard InChI is InChI=1S/C19H30N2O3/c1-6-12-20-17(22)11-13-21-18(23)14(2)24-16-9-7-15(8-10-16)19(3,4)5/h7-10,14H,6,11-13H2,1-5H3,(H,20,22)(H,21,23). The van der Waals surface area contributed by atoms with Gasteiger partial charge < -0.3 is 15.4 Å². The predicted molar refractivity (Wildman–Crippen MR) is 96.2 cm³/mol. The minimum Gasteiger partial charge on any atom is -0.481 e. The van der Waals surface area contributed by atoms with Crippen LogP contribution in [0.2, 0.25) is 0 Å². The highest BCUT2D eigenvalue weighted by molar-refractivity contribution is 5.82. The molecule has 1 atom stereocenters. The number of hydrogen-bond donors (Lipinski definition) is 2. The summed E-state index contributed by atoms with van der Waals surface area (Å²) in [4.78, 5) is 23.5. The van der Waals surface area contributed by atoms with E-state index in [9.17, 15) is 9.59 Å². The highest BCUT2D eigenvalue weighted by atomic mass is 16.5. The smallest absolute Gasteiger partial charge is 0.260 e. The van der Waals surface area contributed by atoms with Crippen molar-refractivity contribution in [3.05, 3.63) is 29.8 Å². The molecule has 0 radical (unpaired) electrons. The summed E-state index contributed by atoms with van der Waals surface area (Å²) in [6.45, 7) is 11.1. The first kappa shape index (κ1) is 20.0. The first-order valence-corrected chi connectivity index (χ1v) is 8.55. The predicted octanol–water partition coefficient (Wildman–Crippen LogP) is 2.78. The summed E-state index contributed by atoms with van der Waals surface area (Å²) in [5.41, 5.74) is 1.30. The van der Waals surface area contributed by atoms with Gasteiger partial charge in [0.05, 0.1) is 0 Å². The number of carbonyl (C=O) groups excluding carboxylic acids is 2. The molecule has 5 heteroatoms. The SMILES string of the molecule is CCCNC(=O)CCNC(=O)C(C)Oc1ccc(C(C)(C)C)cc1. The lowest BCUT2D eigenvalue weighted by Gasteiger charge is -2.20. The van der Waals surface area contributed by atoms with Gasteiger partial charge in [-0.1, -0.05) is 39.8 Å². The fraction of sp³-hybridized carbons (Fsp3) is 0.579. The molecule has 0 saturated heterocycles. The molecule has 2 amide bonds. The Balaban J connectivity index is 2.40. The zero-order valence-electron chi connectivity index (χ0n) is 15.4. The molecule has 1 aromatic carbocycles. The van der Waals surface area contributed by atoms with E-state index in [0.717, 1.165) is 6.42 Å². The zero-order valence-corrected chi connectivity index (χ0v) is 15.4. The van der Waals surface area contributed by atoms with Crippen molar-refractivity contribution in [2.45, 2.75) is 59.0 Å². The second-order valence-electron chi connectivity index (χ2n) is 6.93. The molecule has 0 aliphatic rings. The fourth-order valence-electron chi connectivity index (χ4n) is 2.09. The second kappa shape index (κ2) is 9.30. The van der Waals surface area contributed by atoms with E-state index >= 15 is 0 Å². The van der Waals surface area contributed by atoms with Crippen LogP contribution in [0, 0.1) is 0 Å². The van der Waals surface area contributed by atoms with Gasteiger partial charge >= 0.3 is 0 Å². The molecule has 0 bridgehead atoms. The molecule has 0 aliphatic heterocycles. The Hall–Kier alpha value is -2.04. The van der Waals surface area contributed by atoms with Gasteiger partial charge in [-0.3, -0.25) is 9.59 Å². The van der Waals surface area contributed by atoms with Crippen LogP contribution in [0.3, 0.4) is 0 Å². The molecular formula is C19H30N2O3. The largest absolute Gasteiger partial charge is 0.481 e. The van der Waals surface area contributed by atoms with Crippen LogP contribution in [-0.2, 0) is 15.0 Å². The van der Waals surface area contributed by atoms with Crippen LogP contribution in [0.25, 0.3) is 0 Å². The normalized spacial score (nSPS) is 12.4. The summed E-state index contributed by atoms with van der Waals surface area (Å²) in [6, 6.07) is 7.78. The first-order chi connectivity index (χ1) is 11.2. The molecule has 0 spiro atoms. The average molecular weight is 334 g/mol. The van der Waals surface area contributed by atoms with Crippen LogP contribution >= 0.6 is 0 Å². The molecule has 5 nitrogen and oxygen atoms in total. The molecule has 24 heavy (non-hydrogen) atoms. The van der Waals surface area contributed by atoms with Gasteiger partial charge in [0.2, 0.25) is 5.91 Å². The van der Waals surface area contributed by atoms with Crippen molar-refractivity contribution in [3.8, 4) is 5.75 Å². The molecule has 134 valence electrons. The van der Waals surface area contributed by atoms with Crippen molar-refractivity contribution in [1.82, 2.24) is 10.6 Å². The van der Waals surface area contributed by atoms with Gasteiger partial charge in [0.25, 0.3) is 5.91 Å². The van der Waals surface area contributed by atoms with Gasteiger partial charge in [0, 0.05) is 19.5 Å². The quantitative estimate of drug-likeness (QED) is 0.768. The van der Waals surface area contributed by atoms with Gasteiger partial charge in [-0.2, -0.15) is 0 Å². The van der Waals surface area contributed by atoms with Crippen LogP contribution in [0.15, 0.2) is 24.3 Å². The Morgan fingerprint density at radius 1 is 1.08 bits per heavy atom.